The second kappa shape index (κ2) is 8.08. The Balaban J connectivity index is 1.52. The van der Waals surface area contributed by atoms with Gasteiger partial charge in [0.1, 0.15) is 18.2 Å². The molecule has 12 heteroatoms. The van der Waals surface area contributed by atoms with Gasteiger partial charge in [0.05, 0.1) is 17.8 Å². The van der Waals surface area contributed by atoms with Gasteiger partial charge in [-0.1, -0.05) is 0 Å². The van der Waals surface area contributed by atoms with Crippen molar-refractivity contribution in [2.45, 2.75) is 24.7 Å². The number of hydrogen-bond acceptors (Lipinski definition) is 7. The molecule has 2 aromatic rings. The summed E-state index contributed by atoms with van der Waals surface area (Å²) in [5.41, 5.74) is 6.06. The van der Waals surface area contributed by atoms with Gasteiger partial charge in [0.15, 0.2) is 11.6 Å². The Morgan fingerprint density at radius 1 is 1.35 bits per heavy atom. The Morgan fingerprint density at radius 2 is 2.13 bits per heavy atom. The van der Waals surface area contributed by atoms with Crippen LogP contribution in [0.25, 0.3) is 11.0 Å². The number of likely N-dealkylation sites (tertiary alicyclic amines) is 1. The van der Waals surface area contributed by atoms with E-state index in [2.05, 4.69) is 9.72 Å². The predicted molar refractivity (Wildman–Crippen MR) is 100 cm³/mol. The Labute approximate surface area is 173 Å². The molecule has 168 valence electrons. The third-order valence-corrected chi connectivity index (χ3v) is 5.65. The SMILES string of the molecule is NCC1CN(C[C@@H]2COc3c(F)cnc4ccc(=O)n2c34)CCC1OC(=O)C(F)(F)F. The highest BCUT2D eigenvalue weighted by atomic mass is 19.4. The number of carbonyl (C=O) groups excluding carboxylic acids is 1. The first-order valence-electron chi connectivity index (χ1n) is 9.71. The molecule has 0 saturated carbocycles. The maximum absolute atomic E-state index is 14.1. The van der Waals surface area contributed by atoms with E-state index in [0.29, 0.717) is 18.6 Å². The van der Waals surface area contributed by atoms with Gasteiger partial charge in [-0.05, 0) is 19.0 Å². The number of carbonyl (C=O) groups is 1. The second-order valence-electron chi connectivity index (χ2n) is 7.66. The van der Waals surface area contributed by atoms with Crippen LogP contribution in [0.5, 0.6) is 5.75 Å². The van der Waals surface area contributed by atoms with E-state index >= 15 is 0 Å². The Bertz CT molecular complexity index is 1060. The molecule has 4 heterocycles. The molecule has 0 bridgehead atoms. The van der Waals surface area contributed by atoms with Crippen LogP contribution in [0.2, 0.25) is 0 Å². The van der Waals surface area contributed by atoms with Crippen LogP contribution < -0.4 is 16.0 Å². The topological polar surface area (TPSA) is 99.7 Å². The highest BCUT2D eigenvalue weighted by Gasteiger charge is 2.44. The molecule has 8 nitrogen and oxygen atoms in total. The van der Waals surface area contributed by atoms with E-state index in [-0.39, 0.29) is 42.9 Å². The lowest BCUT2D eigenvalue weighted by atomic mass is 9.94. The average molecular weight is 444 g/mol. The fourth-order valence-electron chi connectivity index (χ4n) is 4.19. The van der Waals surface area contributed by atoms with E-state index in [1.807, 2.05) is 4.90 Å². The summed E-state index contributed by atoms with van der Waals surface area (Å²) >= 11 is 0. The van der Waals surface area contributed by atoms with E-state index in [9.17, 15) is 27.2 Å². The van der Waals surface area contributed by atoms with Crippen molar-refractivity contribution in [3.63, 3.8) is 0 Å². The van der Waals surface area contributed by atoms with Gasteiger partial charge in [0.2, 0.25) is 0 Å². The van der Waals surface area contributed by atoms with Gasteiger partial charge in [-0.25, -0.2) is 9.18 Å². The lowest BCUT2D eigenvalue weighted by Gasteiger charge is -2.40. The van der Waals surface area contributed by atoms with Crippen molar-refractivity contribution in [1.82, 2.24) is 14.5 Å². The number of rotatable bonds is 4. The van der Waals surface area contributed by atoms with Crippen molar-refractivity contribution >= 4 is 17.0 Å². The van der Waals surface area contributed by atoms with Gasteiger partial charge >= 0.3 is 12.1 Å². The van der Waals surface area contributed by atoms with Crippen molar-refractivity contribution in [2.75, 3.05) is 32.8 Å². The Hall–Kier alpha value is -2.73. The molecule has 2 aliphatic heterocycles. The monoisotopic (exact) mass is 444 g/mol. The van der Waals surface area contributed by atoms with Gasteiger partial charge in [-0.2, -0.15) is 13.2 Å². The summed E-state index contributed by atoms with van der Waals surface area (Å²) in [5.74, 6) is -3.42. The molecule has 0 radical (unpaired) electrons. The molecular formula is C19H20F4N4O4. The molecule has 1 saturated heterocycles. The number of nitrogens with two attached hydrogens (primary N) is 1. The molecule has 0 aromatic carbocycles. The van der Waals surface area contributed by atoms with Crippen LogP contribution in [-0.2, 0) is 9.53 Å². The number of esters is 1. The van der Waals surface area contributed by atoms with Gasteiger partial charge in [-0.15, -0.1) is 0 Å². The minimum atomic E-state index is -5.06. The summed E-state index contributed by atoms with van der Waals surface area (Å²) in [6.45, 7) is 1.01. The van der Waals surface area contributed by atoms with Crippen molar-refractivity contribution in [2.24, 2.45) is 11.7 Å². The summed E-state index contributed by atoms with van der Waals surface area (Å²) in [6, 6.07) is 2.38. The number of nitrogens with zero attached hydrogens (tertiary/aromatic N) is 3. The molecule has 3 atom stereocenters. The van der Waals surface area contributed by atoms with Crippen LogP contribution in [0, 0.1) is 11.7 Å². The zero-order valence-electron chi connectivity index (χ0n) is 16.3. The Kier molecular flexibility index (Phi) is 5.60. The molecule has 2 aliphatic rings. The first-order chi connectivity index (χ1) is 14.7. The van der Waals surface area contributed by atoms with Gasteiger partial charge < -0.3 is 20.1 Å². The molecule has 4 rings (SSSR count). The van der Waals surface area contributed by atoms with E-state index < -0.39 is 36.0 Å². The number of pyridine rings is 2. The lowest BCUT2D eigenvalue weighted by molar-refractivity contribution is -0.209. The van der Waals surface area contributed by atoms with Crippen LogP contribution >= 0.6 is 0 Å². The number of aromatic nitrogens is 2. The number of halogens is 4. The van der Waals surface area contributed by atoms with Gasteiger partial charge in [-0.3, -0.25) is 14.3 Å². The zero-order valence-corrected chi connectivity index (χ0v) is 16.3. The summed E-state index contributed by atoms with van der Waals surface area (Å²) < 4.78 is 63.3. The molecular weight excluding hydrogens is 424 g/mol. The van der Waals surface area contributed by atoms with Crippen molar-refractivity contribution in [3.8, 4) is 5.75 Å². The lowest BCUT2D eigenvalue weighted by Crippen LogP contribution is -2.51. The number of ether oxygens (including phenoxy) is 2. The summed E-state index contributed by atoms with van der Waals surface area (Å²) in [6.07, 6.45) is -4.80. The quantitative estimate of drug-likeness (QED) is 0.559. The highest BCUT2D eigenvalue weighted by molar-refractivity contribution is 5.82. The van der Waals surface area contributed by atoms with E-state index in [4.69, 9.17) is 10.5 Å². The van der Waals surface area contributed by atoms with Crippen LogP contribution in [0.15, 0.2) is 23.1 Å². The average Bonchev–Trinajstić information content (AvgIpc) is 2.73. The normalized spacial score (nSPS) is 24.1. The minimum Gasteiger partial charge on any atom is -0.486 e. The number of hydrogen-bond donors (Lipinski definition) is 1. The van der Waals surface area contributed by atoms with Gasteiger partial charge in [0.25, 0.3) is 5.56 Å². The van der Waals surface area contributed by atoms with Crippen LogP contribution in [-0.4, -0.2) is 65.5 Å². The van der Waals surface area contributed by atoms with Crippen molar-refractivity contribution in [1.29, 1.82) is 0 Å². The Morgan fingerprint density at radius 3 is 2.84 bits per heavy atom. The minimum absolute atomic E-state index is 0.0287. The maximum atomic E-state index is 14.1. The third-order valence-electron chi connectivity index (χ3n) is 5.65. The van der Waals surface area contributed by atoms with E-state index in [0.717, 1.165) is 6.20 Å². The van der Waals surface area contributed by atoms with Crippen LogP contribution in [0.3, 0.4) is 0 Å². The fraction of sp³-hybridized carbons (Fsp3) is 0.526. The number of piperidine rings is 1. The molecule has 1 fully saturated rings. The summed E-state index contributed by atoms with van der Waals surface area (Å²) in [7, 11) is 0. The molecule has 2 aromatic heterocycles. The van der Waals surface area contributed by atoms with Crippen LogP contribution in [0.4, 0.5) is 17.6 Å². The third kappa shape index (κ3) is 4.09. The van der Waals surface area contributed by atoms with Crippen molar-refractivity contribution in [3.05, 3.63) is 34.5 Å². The second-order valence-corrected chi connectivity index (χ2v) is 7.66. The van der Waals surface area contributed by atoms with Gasteiger partial charge in [0, 0.05) is 31.6 Å². The summed E-state index contributed by atoms with van der Waals surface area (Å²) in [5, 5.41) is 0. The van der Waals surface area contributed by atoms with Crippen molar-refractivity contribution < 1.29 is 31.8 Å². The largest absolute Gasteiger partial charge is 0.490 e. The summed E-state index contributed by atoms with van der Waals surface area (Å²) in [4.78, 5) is 29.7. The molecule has 0 aliphatic carbocycles. The predicted octanol–water partition coefficient (Wildman–Crippen LogP) is 1.22. The molecule has 2 N–H and O–H groups in total. The molecule has 0 amide bonds. The van der Waals surface area contributed by atoms with E-state index in [1.54, 1.807) is 0 Å². The smallest absolute Gasteiger partial charge is 0.486 e. The first kappa shape index (κ1) is 21.5. The highest BCUT2D eigenvalue weighted by Crippen LogP contribution is 2.33. The standard InChI is InChI=1S/C19H20F4N4O4/c20-12-6-25-13-1-2-15(28)27-11(9-30-17(12)16(13)27)8-26-4-3-14(10(5-24)7-26)31-18(29)19(21,22)23/h1-2,6,10-11,14H,3-5,7-9,24H2/t10?,11-,14?/m1/s1. The fourth-order valence-corrected chi connectivity index (χ4v) is 4.19. The first-order valence-corrected chi connectivity index (χ1v) is 9.71. The zero-order chi connectivity index (χ0) is 22.3. The van der Waals surface area contributed by atoms with E-state index in [1.165, 1.54) is 16.7 Å². The van der Waals surface area contributed by atoms with Crippen LogP contribution in [0.1, 0.15) is 12.5 Å². The number of alkyl halides is 3. The maximum Gasteiger partial charge on any atom is 0.490 e. The molecule has 31 heavy (non-hydrogen) atoms. The molecule has 2 unspecified atom stereocenters. The molecule has 0 spiro atoms.